The van der Waals surface area contributed by atoms with Crippen LogP contribution in [-0.4, -0.2) is 15.9 Å². The summed E-state index contributed by atoms with van der Waals surface area (Å²) < 4.78 is 11.6. The van der Waals surface area contributed by atoms with Crippen molar-refractivity contribution in [2.75, 3.05) is 5.32 Å². The van der Waals surface area contributed by atoms with Crippen molar-refractivity contribution >= 4 is 22.7 Å². The van der Waals surface area contributed by atoms with Gasteiger partial charge in [-0.3, -0.25) is 9.78 Å². The molecule has 5 rings (SSSR count). The molecular weight excluding hydrogens is 390 g/mol. The molecule has 5 aromatic rings. The lowest BCUT2D eigenvalue weighted by Crippen LogP contribution is -2.10. The minimum Gasteiger partial charge on any atom is -0.451 e. The summed E-state index contributed by atoms with van der Waals surface area (Å²) >= 11 is 0. The molecule has 0 spiro atoms. The average molecular weight is 409 g/mol. The van der Waals surface area contributed by atoms with Gasteiger partial charge in [-0.1, -0.05) is 12.1 Å². The Labute approximate surface area is 178 Å². The van der Waals surface area contributed by atoms with Gasteiger partial charge in [0.2, 0.25) is 5.89 Å². The number of furan rings is 1. The van der Waals surface area contributed by atoms with E-state index in [1.807, 2.05) is 24.3 Å². The lowest BCUT2D eigenvalue weighted by molar-refractivity contribution is 0.0997. The number of fused-ring (bicyclic) bond motifs is 1. The molecule has 3 aromatic heterocycles. The van der Waals surface area contributed by atoms with E-state index in [4.69, 9.17) is 8.83 Å². The molecule has 0 saturated carbocycles. The molecule has 0 unspecified atom stereocenters. The molecule has 2 aromatic carbocycles. The number of amides is 1. The molecule has 6 nitrogen and oxygen atoms in total. The van der Waals surface area contributed by atoms with E-state index >= 15 is 0 Å². The molecule has 152 valence electrons. The van der Waals surface area contributed by atoms with Crippen molar-refractivity contribution in [3.63, 3.8) is 0 Å². The molecule has 0 aliphatic carbocycles. The Morgan fingerprint density at radius 3 is 2.48 bits per heavy atom. The molecule has 0 aliphatic heterocycles. The van der Waals surface area contributed by atoms with Crippen LogP contribution in [0.15, 0.2) is 81.9 Å². The van der Waals surface area contributed by atoms with Crippen LogP contribution in [0.1, 0.15) is 21.7 Å². The van der Waals surface area contributed by atoms with Gasteiger partial charge in [-0.05, 0) is 73.5 Å². The molecule has 3 heterocycles. The van der Waals surface area contributed by atoms with Crippen molar-refractivity contribution in [3.05, 3.63) is 89.9 Å². The number of nitrogens with one attached hydrogen (secondary N) is 1. The van der Waals surface area contributed by atoms with E-state index in [0.29, 0.717) is 28.4 Å². The molecule has 6 heteroatoms. The summed E-state index contributed by atoms with van der Waals surface area (Å²) in [6.45, 7) is 4.11. The minimum atomic E-state index is -0.327. The molecule has 0 aliphatic rings. The van der Waals surface area contributed by atoms with Crippen LogP contribution in [0.3, 0.4) is 0 Å². The van der Waals surface area contributed by atoms with Gasteiger partial charge in [0.1, 0.15) is 11.3 Å². The van der Waals surface area contributed by atoms with Crippen molar-refractivity contribution in [2.45, 2.75) is 13.8 Å². The second-order valence-electron chi connectivity index (χ2n) is 7.35. The van der Waals surface area contributed by atoms with Crippen molar-refractivity contribution in [2.24, 2.45) is 0 Å². The molecular formula is C25H19N3O3. The van der Waals surface area contributed by atoms with Gasteiger partial charge in [0.25, 0.3) is 5.91 Å². The van der Waals surface area contributed by atoms with Crippen molar-refractivity contribution in [3.8, 4) is 22.8 Å². The third kappa shape index (κ3) is 3.71. The van der Waals surface area contributed by atoms with Crippen molar-refractivity contribution in [1.82, 2.24) is 9.97 Å². The first kappa shape index (κ1) is 18.8. The van der Waals surface area contributed by atoms with Crippen LogP contribution in [0, 0.1) is 13.8 Å². The second-order valence-corrected chi connectivity index (χ2v) is 7.35. The van der Waals surface area contributed by atoms with Crippen LogP contribution in [0.2, 0.25) is 0 Å². The molecule has 31 heavy (non-hydrogen) atoms. The molecule has 0 radical (unpaired) electrons. The number of carbonyl (C=O) groups is 1. The summed E-state index contributed by atoms with van der Waals surface area (Å²) in [7, 11) is 0. The van der Waals surface area contributed by atoms with Crippen LogP contribution in [0.5, 0.6) is 0 Å². The SMILES string of the molecule is Cc1ccc(-c2ccc(C(=O)Nc3ccc4oc(-c5ccncc5)nc4c3)o2)cc1C. The fourth-order valence-electron chi connectivity index (χ4n) is 3.33. The average Bonchev–Trinajstić information content (AvgIpc) is 3.43. The number of benzene rings is 2. The van der Waals surface area contributed by atoms with Gasteiger partial charge in [0, 0.05) is 29.2 Å². The maximum absolute atomic E-state index is 12.7. The fraction of sp³-hybridized carbons (Fsp3) is 0.0800. The van der Waals surface area contributed by atoms with E-state index in [-0.39, 0.29) is 11.7 Å². The zero-order valence-corrected chi connectivity index (χ0v) is 17.0. The number of hydrogen-bond donors (Lipinski definition) is 1. The summed E-state index contributed by atoms with van der Waals surface area (Å²) in [6.07, 6.45) is 3.37. The monoisotopic (exact) mass is 409 g/mol. The Balaban J connectivity index is 1.36. The normalized spacial score (nSPS) is 11.0. The first-order valence-electron chi connectivity index (χ1n) is 9.87. The third-order valence-corrected chi connectivity index (χ3v) is 5.19. The lowest BCUT2D eigenvalue weighted by atomic mass is 10.1. The molecule has 0 bridgehead atoms. The number of aryl methyl sites for hydroxylation is 2. The number of pyridine rings is 1. The summed E-state index contributed by atoms with van der Waals surface area (Å²) in [4.78, 5) is 21.2. The van der Waals surface area contributed by atoms with Gasteiger partial charge in [0.05, 0.1) is 0 Å². The van der Waals surface area contributed by atoms with Crippen LogP contribution in [0.25, 0.3) is 33.9 Å². The molecule has 1 N–H and O–H groups in total. The van der Waals surface area contributed by atoms with Crippen molar-refractivity contribution < 1.29 is 13.6 Å². The second kappa shape index (κ2) is 7.57. The number of anilines is 1. The van der Waals surface area contributed by atoms with E-state index in [1.165, 1.54) is 11.1 Å². The summed E-state index contributed by atoms with van der Waals surface area (Å²) in [6, 6.07) is 18.6. The number of oxazole rings is 1. The Morgan fingerprint density at radius 1 is 0.839 bits per heavy atom. The maximum atomic E-state index is 12.7. The van der Waals surface area contributed by atoms with Gasteiger partial charge in [0.15, 0.2) is 11.3 Å². The van der Waals surface area contributed by atoms with E-state index < -0.39 is 0 Å². The highest BCUT2D eigenvalue weighted by Gasteiger charge is 2.14. The first-order valence-corrected chi connectivity index (χ1v) is 9.87. The van der Waals surface area contributed by atoms with Gasteiger partial charge >= 0.3 is 0 Å². The van der Waals surface area contributed by atoms with E-state index in [1.54, 1.807) is 42.7 Å². The van der Waals surface area contributed by atoms with E-state index in [2.05, 4.69) is 35.2 Å². The summed E-state index contributed by atoms with van der Waals surface area (Å²) in [5, 5.41) is 2.86. The van der Waals surface area contributed by atoms with E-state index in [0.717, 1.165) is 11.1 Å². The Bertz CT molecular complexity index is 1400. The highest BCUT2D eigenvalue weighted by Crippen LogP contribution is 2.27. The number of hydrogen-bond acceptors (Lipinski definition) is 5. The summed E-state index contributed by atoms with van der Waals surface area (Å²) in [5.41, 5.74) is 6.06. The highest BCUT2D eigenvalue weighted by molar-refractivity contribution is 6.03. The maximum Gasteiger partial charge on any atom is 0.291 e. The largest absolute Gasteiger partial charge is 0.451 e. The van der Waals surface area contributed by atoms with Gasteiger partial charge < -0.3 is 14.2 Å². The predicted octanol–water partition coefficient (Wildman–Crippen LogP) is 6.02. The van der Waals surface area contributed by atoms with Crippen LogP contribution in [-0.2, 0) is 0 Å². The Kier molecular flexibility index (Phi) is 4.59. The molecule has 1 amide bonds. The Hall–Kier alpha value is -4.19. The van der Waals surface area contributed by atoms with Crippen LogP contribution < -0.4 is 5.32 Å². The van der Waals surface area contributed by atoms with Gasteiger partial charge in [-0.2, -0.15) is 0 Å². The highest BCUT2D eigenvalue weighted by atomic mass is 16.4. The first-order chi connectivity index (χ1) is 15.1. The fourth-order valence-corrected chi connectivity index (χ4v) is 3.33. The number of aromatic nitrogens is 2. The predicted molar refractivity (Wildman–Crippen MR) is 119 cm³/mol. The minimum absolute atomic E-state index is 0.242. The van der Waals surface area contributed by atoms with Crippen LogP contribution >= 0.6 is 0 Å². The standard InChI is InChI=1S/C25H19N3O3/c1-15-3-4-18(13-16(15)2)21-7-8-23(30-21)24(29)27-19-5-6-22-20(14-19)28-25(31-22)17-9-11-26-12-10-17/h3-14H,1-2H3,(H,27,29). The van der Waals surface area contributed by atoms with Crippen LogP contribution in [0.4, 0.5) is 5.69 Å². The van der Waals surface area contributed by atoms with Gasteiger partial charge in [-0.15, -0.1) is 0 Å². The molecule has 0 fully saturated rings. The number of carbonyl (C=O) groups excluding carboxylic acids is 1. The quantitative estimate of drug-likeness (QED) is 0.393. The van der Waals surface area contributed by atoms with E-state index in [9.17, 15) is 4.79 Å². The van der Waals surface area contributed by atoms with Gasteiger partial charge in [-0.25, -0.2) is 4.98 Å². The summed E-state index contributed by atoms with van der Waals surface area (Å²) in [5.74, 6) is 1.07. The molecule has 0 atom stereocenters. The zero-order valence-electron chi connectivity index (χ0n) is 17.0. The zero-order chi connectivity index (χ0) is 21.4. The lowest BCUT2D eigenvalue weighted by Gasteiger charge is -2.04. The number of rotatable bonds is 4. The molecule has 0 saturated heterocycles. The topological polar surface area (TPSA) is 81.2 Å². The smallest absolute Gasteiger partial charge is 0.291 e. The number of nitrogens with zero attached hydrogens (tertiary/aromatic N) is 2. The van der Waals surface area contributed by atoms with Crippen molar-refractivity contribution in [1.29, 1.82) is 0 Å². The Morgan fingerprint density at radius 2 is 1.68 bits per heavy atom. The third-order valence-electron chi connectivity index (χ3n) is 5.19.